The fourth-order valence-corrected chi connectivity index (χ4v) is 6.57. The number of ketones is 1. The Labute approximate surface area is 227 Å². The topological polar surface area (TPSA) is 121 Å². The Morgan fingerprint density at radius 2 is 2.00 bits per heavy atom. The van der Waals surface area contributed by atoms with Gasteiger partial charge in [0.15, 0.2) is 23.0 Å². The third-order valence-corrected chi connectivity index (χ3v) is 8.63. The van der Waals surface area contributed by atoms with Crippen LogP contribution in [-0.2, 0) is 21.4 Å². The van der Waals surface area contributed by atoms with Gasteiger partial charge < -0.3 is 18.4 Å². The number of fused-ring (bicyclic) bond motifs is 2. The van der Waals surface area contributed by atoms with Gasteiger partial charge in [0, 0.05) is 24.1 Å². The zero-order valence-electron chi connectivity index (χ0n) is 22.7. The van der Waals surface area contributed by atoms with Gasteiger partial charge in [-0.2, -0.15) is 4.98 Å². The number of methoxy groups -OCH3 is 1. The first-order chi connectivity index (χ1) is 18.9. The molecule has 0 unspecified atom stereocenters. The number of carbonyl (C=O) groups is 2. The van der Waals surface area contributed by atoms with Gasteiger partial charge in [0.2, 0.25) is 11.6 Å². The molecule has 10 nitrogen and oxygen atoms in total. The van der Waals surface area contributed by atoms with Crippen LogP contribution in [0.4, 0.5) is 0 Å². The number of carbonyl (C=O) groups excluding carboxylic acids is 2. The second-order valence-corrected chi connectivity index (χ2v) is 11.0. The summed E-state index contributed by atoms with van der Waals surface area (Å²) >= 11 is 0. The van der Waals surface area contributed by atoms with Crippen LogP contribution in [-0.4, -0.2) is 64.6 Å². The minimum Gasteiger partial charge on any atom is -0.473 e. The molecule has 3 aliphatic rings. The van der Waals surface area contributed by atoms with Crippen LogP contribution in [0.3, 0.4) is 0 Å². The molecule has 3 aromatic heterocycles. The smallest absolute Gasteiger partial charge is 0.373 e. The third kappa shape index (κ3) is 4.54. The van der Waals surface area contributed by atoms with Gasteiger partial charge >= 0.3 is 5.97 Å². The van der Waals surface area contributed by atoms with E-state index in [1.165, 1.54) is 7.11 Å². The SMILES string of the molecule is COC(=O)c1ccc(-c2cc(O[C@@H](C)[C@@H]3CCCN3C)nc(-c3noc4c3CCC[C@@]43CCCCC3=O)n2)o1. The average molecular weight is 535 g/mol. The van der Waals surface area contributed by atoms with Crippen LogP contribution < -0.4 is 4.74 Å². The maximum Gasteiger partial charge on any atom is 0.373 e. The molecule has 10 heteroatoms. The van der Waals surface area contributed by atoms with Gasteiger partial charge in [-0.1, -0.05) is 11.6 Å². The van der Waals surface area contributed by atoms with E-state index in [4.69, 9.17) is 28.4 Å². The molecule has 0 bridgehead atoms. The lowest BCUT2D eigenvalue weighted by atomic mass is 9.64. The molecule has 6 rings (SSSR count). The molecule has 0 amide bonds. The monoisotopic (exact) mass is 534 g/mol. The predicted molar refractivity (Wildman–Crippen MR) is 140 cm³/mol. The molecule has 1 saturated carbocycles. The normalized spacial score (nSPS) is 24.1. The molecule has 1 spiro atoms. The molecular formula is C29H34N4O6. The van der Waals surface area contributed by atoms with Crippen LogP contribution in [0.5, 0.6) is 5.88 Å². The largest absolute Gasteiger partial charge is 0.473 e. The minimum absolute atomic E-state index is 0.0765. The van der Waals surface area contributed by atoms with Gasteiger partial charge in [-0.15, -0.1) is 0 Å². The molecule has 206 valence electrons. The first kappa shape index (κ1) is 25.7. The van der Waals surface area contributed by atoms with E-state index in [0.717, 1.165) is 63.5 Å². The van der Waals surface area contributed by atoms with Crippen molar-refractivity contribution < 1.29 is 28.0 Å². The van der Waals surface area contributed by atoms with Crippen molar-refractivity contribution >= 4 is 11.8 Å². The predicted octanol–water partition coefficient (Wildman–Crippen LogP) is 4.76. The number of furan rings is 1. The third-order valence-electron chi connectivity index (χ3n) is 8.63. The highest BCUT2D eigenvalue weighted by atomic mass is 16.5. The fraction of sp³-hybridized carbons (Fsp3) is 0.552. The number of rotatable bonds is 6. The Hall–Kier alpha value is -3.53. The summed E-state index contributed by atoms with van der Waals surface area (Å²) < 4.78 is 22.9. The second kappa shape index (κ2) is 10.2. The van der Waals surface area contributed by atoms with Crippen molar-refractivity contribution in [2.75, 3.05) is 20.7 Å². The average Bonchev–Trinajstić information content (AvgIpc) is 3.70. The Kier molecular flexibility index (Phi) is 6.74. The summed E-state index contributed by atoms with van der Waals surface area (Å²) in [5.74, 6) is 1.54. The summed E-state index contributed by atoms with van der Waals surface area (Å²) in [5.41, 5.74) is 1.29. The Bertz CT molecular complexity index is 1400. The lowest BCUT2D eigenvalue weighted by molar-refractivity contribution is -0.128. The first-order valence-corrected chi connectivity index (χ1v) is 13.9. The number of likely N-dealkylation sites (tertiary alicyclic amines) is 1. The summed E-state index contributed by atoms with van der Waals surface area (Å²) in [6, 6.07) is 5.21. The van der Waals surface area contributed by atoms with Crippen molar-refractivity contribution in [2.24, 2.45) is 0 Å². The van der Waals surface area contributed by atoms with Crippen molar-refractivity contribution in [3.63, 3.8) is 0 Å². The van der Waals surface area contributed by atoms with Crippen molar-refractivity contribution in [2.45, 2.75) is 82.3 Å². The highest BCUT2D eigenvalue weighted by molar-refractivity contribution is 5.91. The molecule has 1 aliphatic heterocycles. The van der Waals surface area contributed by atoms with E-state index in [2.05, 4.69) is 17.1 Å². The summed E-state index contributed by atoms with van der Waals surface area (Å²) in [4.78, 5) is 37.0. The molecule has 39 heavy (non-hydrogen) atoms. The van der Waals surface area contributed by atoms with Crippen LogP contribution in [0, 0.1) is 0 Å². The molecule has 4 heterocycles. The van der Waals surface area contributed by atoms with E-state index in [9.17, 15) is 9.59 Å². The summed E-state index contributed by atoms with van der Waals surface area (Å²) in [6.45, 7) is 3.08. The van der Waals surface area contributed by atoms with Crippen molar-refractivity contribution in [3.8, 4) is 28.9 Å². The lowest BCUT2D eigenvalue weighted by Crippen LogP contribution is -2.41. The maximum absolute atomic E-state index is 13.1. The highest BCUT2D eigenvalue weighted by Crippen LogP contribution is 2.47. The number of ether oxygens (including phenoxy) is 2. The molecule has 0 aromatic carbocycles. The van der Waals surface area contributed by atoms with Gasteiger partial charge in [-0.3, -0.25) is 9.69 Å². The number of hydrogen-bond acceptors (Lipinski definition) is 10. The van der Waals surface area contributed by atoms with Crippen LogP contribution in [0.1, 0.15) is 80.2 Å². The standard InChI is InChI=1S/C29H34N4O6/c1-17(20-9-7-15-33(20)2)37-24-16-19(21-11-12-22(38-21)28(35)36-3)30-27(31-24)25-18-8-6-14-29(26(18)39-32-25)13-5-4-10-23(29)34/h11-12,16-17,20H,4-10,13-15H2,1-3H3/t17-,20-,29+/m0/s1. The number of likely N-dealkylation sites (N-methyl/N-ethyl adjacent to an activating group) is 1. The van der Waals surface area contributed by atoms with Crippen molar-refractivity contribution in [3.05, 3.63) is 35.3 Å². The van der Waals surface area contributed by atoms with Crippen molar-refractivity contribution in [1.82, 2.24) is 20.0 Å². The van der Waals surface area contributed by atoms with Gasteiger partial charge in [0.25, 0.3) is 0 Å². The lowest BCUT2D eigenvalue weighted by Gasteiger charge is -2.36. The van der Waals surface area contributed by atoms with E-state index in [1.807, 2.05) is 6.92 Å². The number of hydrogen-bond donors (Lipinski definition) is 0. The first-order valence-electron chi connectivity index (χ1n) is 13.9. The number of aromatic nitrogens is 3. The Morgan fingerprint density at radius 3 is 2.77 bits per heavy atom. The fourth-order valence-electron chi connectivity index (χ4n) is 6.57. The summed E-state index contributed by atoms with van der Waals surface area (Å²) in [7, 11) is 3.41. The molecule has 2 fully saturated rings. The van der Waals surface area contributed by atoms with Crippen LogP contribution in [0.25, 0.3) is 23.0 Å². The number of Topliss-reactive ketones (excluding diaryl/α,β-unsaturated/α-hetero) is 1. The van der Waals surface area contributed by atoms with Crippen molar-refractivity contribution in [1.29, 1.82) is 0 Å². The highest BCUT2D eigenvalue weighted by Gasteiger charge is 2.48. The zero-order valence-corrected chi connectivity index (χ0v) is 22.7. The number of esters is 1. The van der Waals surface area contributed by atoms with Gasteiger partial charge in [-0.25, -0.2) is 9.78 Å². The molecular weight excluding hydrogens is 500 g/mol. The summed E-state index contributed by atoms with van der Waals surface area (Å²) in [6.07, 6.45) is 7.77. The van der Waals surface area contributed by atoms with E-state index >= 15 is 0 Å². The van der Waals surface area contributed by atoms with E-state index < -0.39 is 11.4 Å². The number of nitrogens with zero attached hydrogens (tertiary/aromatic N) is 4. The summed E-state index contributed by atoms with van der Waals surface area (Å²) in [5, 5.41) is 4.42. The Morgan fingerprint density at radius 1 is 1.15 bits per heavy atom. The van der Waals surface area contributed by atoms with Crippen LogP contribution >= 0.6 is 0 Å². The van der Waals surface area contributed by atoms with E-state index in [-0.39, 0.29) is 23.7 Å². The molecule has 3 atom stereocenters. The molecule has 1 saturated heterocycles. The molecule has 0 N–H and O–H groups in total. The maximum atomic E-state index is 13.1. The van der Waals surface area contributed by atoms with Gasteiger partial charge in [0.05, 0.1) is 12.5 Å². The molecule has 2 aliphatic carbocycles. The second-order valence-electron chi connectivity index (χ2n) is 11.0. The quantitative estimate of drug-likeness (QED) is 0.409. The van der Waals surface area contributed by atoms with Gasteiger partial charge in [0.1, 0.15) is 17.6 Å². The molecule has 0 radical (unpaired) electrons. The Balaban J connectivity index is 1.41. The van der Waals surface area contributed by atoms with E-state index in [0.29, 0.717) is 41.0 Å². The van der Waals surface area contributed by atoms with Crippen LogP contribution in [0.15, 0.2) is 27.1 Å². The molecule has 3 aromatic rings. The minimum atomic E-state index is -0.591. The van der Waals surface area contributed by atoms with Gasteiger partial charge in [-0.05, 0) is 77.6 Å². The van der Waals surface area contributed by atoms with Crippen LogP contribution in [0.2, 0.25) is 0 Å². The zero-order chi connectivity index (χ0) is 27.1. The van der Waals surface area contributed by atoms with E-state index in [1.54, 1.807) is 18.2 Å².